The second-order valence-electron chi connectivity index (χ2n) is 5.46. The Balaban J connectivity index is 2.41. The smallest absolute Gasteiger partial charge is 0.335 e. The zero-order valence-electron chi connectivity index (χ0n) is 12.1. The Kier molecular flexibility index (Phi) is 6.07. The summed E-state index contributed by atoms with van der Waals surface area (Å²) in [6, 6.07) is 6.86. The third-order valence-corrected chi connectivity index (χ3v) is 3.87. The van der Waals surface area contributed by atoms with Crippen LogP contribution in [-0.4, -0.2) is 34.0 Å². The van der Waals surface area contributed by atoms with Gasteiger partial charge in [0.25, 0.3) is 0 Å². The molecule has 0 aliphatic rings. The minimum absolute atomic E-state index is 0.0160. The van der Waals surface area contributed by atoms with Crippen molar-refractivity contribution in [3.8, 4) is 0 Å². The fourth-order valence-electron chi connectivity index (χ4n) is 1.62. The number of benzene rings is 1. The number of carbonyl (C=O) groups excluding carboxylic acids is 1. The second kappa shape index (κ2) is 7.33. The monoisotopic (exact) mass is 295 g/mol. The van der Waals surface area contributed by atoms with E-state index in [0.717, 1.165) is 5.56 Å². The van der Waals surface area contributed by atoms with Crippen molar-refractivity contribution >= 4 is 23.6 Å². The lowest BCUT2D eigenvalue weighted by atomic mass is 10.0. The number of aromatic carboxylic acids is 1. The van der Waals surface area contributed by atoms with Crippen molar-refractivity contribution < 1.29 is 14.7 Å². The molecule has 0 aliphatic heterocycles. The summed E-state index contributed by atoms with van der Waals surface area (Å²) in [4.78, 5) is 22.7. The van der Waals surface area contributed by atoms with Crippen LogP contribution in [0.1, 0.15) is 36.7 Å². The Hall–Kier alpha value is -1.49. The SMILES string of the molecule is CC(C)(C)SCC(=O)NCCc1ccccc1C(=O)O. The molecule has 0 atom stereocenters. The van der Waals surface area contributed by atoms with Crippen molar-refractivity contribution in [2.75, 3.05) is 12.3 Å². The molecule has 0 bridgehead atoms. The molecule has 0 aromatic heterocycles. The Morgan fingerprint density at radius 2 is 1.90 bits per heavy atom. The van der Waals surface area contributed by atoms with Crippen molar-refractivity contribution in [3.05, 3.63) is 35.4 Å². The molecule has 1 aromatic carbocycles. The predicted molar refractivity (Wildman–Crippen MR) is 82.3 cm³/mol. The lowest BCUT2D eigenvalue weighted by Gasteiger charge is -2.17. The molecular formula is C15H21NO3S. The van der Waals surface area contributed by atoms with Crippen LogP contribution in [0.25, 0.3) is 0 Å². The molecule has 0 spiro atoms. The molecule has 0 saturated carbocycles. The number of rotatable bonds is 6. The minimum atomic E-state index is -0.935. The first kappa shape index (κ1) is 16.6. The summed E-state index contributed by atoms with van der Waals surface area (Å²) in [6.45, 7) is 6.64. The van der Waals surface area contributed by atoms with Gasteiger partial charge < -0.3 is 10.4 Å². The van der Waals surface area contributed by atoms with Crippen LogP contribution in [-0.2, 0) is 11.2 Å². The van der Waals surface area contributed by atoms with E-state index in [9.17, 15) is 9.59 Å². The van der Waals surface area contributed by atoms with Crippen LogP contribution >= 0.6 is 11.8 Å². The number of thioether (sulfide) groups is 1. The first-order valence-corrected chi connectivity index (χ1v) is 7.50. The van der Waals surface area contributed by atoms with Crippen LogP contribution in [0.2, 0.25) is 0 Å². The molecule has 1 amide bonds. The van der Waals surface area contributed by atoms with E-state index in [-0.39, 0.29) is 10.7 Å². The first-order chi connectivity index (χ1) is 9.29. The van der Waals surface area contributed by atoms with Crippen molar-refractivity contribution in [1.82, 2.24) is 5.32 Å². The first-order valence-electron chi connectivity index (χ1n) is 6.51. The highest BCUT2D eigenvalue weighted by molar-refractivity contribution is 8.01. The summed E-state index contributed by atoms with van der Waals surface area (Å²) in [5.41, 5.74) is 1.04. The summed E-state index contributed by atoms with van der Waals surface area (Å²) in [6.07, 6.45) is 0.522. The fraction of sp³-hybridized carbons (Fsp3) is 0.467. The highest BCUT2D eigenvalue weighted by Gasteiger charge is 2.13. The quantitative estimate of drug-likeness (QED) is 0.846. The van der Waals surface area contributed by atoms with Gasteiger partial charge in [-0.1, -0.05) is 39.0 Å². The third-order valence-electron chi connectivity index (χ3n) is 2.60. The van der Waals surface area contributed by atoms with Gasteiger partial charge in [0.2, 0.25) is 5.91 Å². The topological polar surface area (TPSA) is 66.4 Å². The number of amides is 1. The Labute approximate surface area is 124 Å². The molecule has 0 fully saturated rings. The minimum Gasteiger partial charge on any atom is -0.478 e. The number of carboxylic acids is 1. The number of carboxylic acid groups (broad SMARTS) is 1. The Bertz CT molecular complexity index is 480. The fourth-order valence-corrected chi connectivity index (χ4v) is 2.28. The normalized spacial score (nSPS) is 11.2. The van der Waals surface area contributed by atoms with Crippen molar-refractivity contribution in [3.63, 3.8) is 0 Å². The maximum Gasteiger partial charge on any atom is 0.335 e. The van der Waals surface area contributed by atoms with Crippen molar-refractivity contribution in [2.45, 2.75) is 31.9 Å². The highest BCUT2D eigenvalue weighted by atomic mass is 32.2. The Morgan fingerprint density at radius 3 is 2.50 bits per heavy atom. The molecular weight excluding hydrogens is 274 g/mol. The number of hydrogen-bond acceptors (Lipinski definition) is 3. The molecule has 20 heavy (non-hydrogen) atoms. The van der Waals surface area contributed by atoms with Gasteiger partial charge in [0.1, 0.15) is 0 Å². The molecule has 4 nitrogen and oxygen atoms in total. The summed E-state index contributed by atoms with van der Waals surface area (Å²) in [5.74, 6) is -0.530. The van der Waals surface area contributed by atoms with E-state index in [1.54, 1.807) is 36.0 Å². The van der Waals surface area contributed by atoms with Crippen LogP contribution in [0.4, 0.5) is 0 Å². The summed E-state index contributed by atoms with van der Waals surface area (Å²) in [7, 11) is 0. The van der Waals surface area contributed by atoms with Crippen LogP contribution in [0, 0.1) is 0 Å². The molecule has 5 heteroatoms. The lowest BCUT2D eigenvalue weighted by Crippen LogP contribution is -2.29. The van der Waals surface area contributed by atoms with Crippen LogP contribution in [0.5, 0.6) is 0 Å². The Morgan fingerprint density at radius 1 is 1.25 bits per heavy atom. The number of nitrogens with one attached hydrogen (secondary N) is 1. The van der Waals surface area contributed by atoms with Gasteiger partial charge in [0, 0.05) is 11.3 Å². The second-order valence-corrected chi connectivity index (χ2v) is 7.27. The van der Waals surface area contributed by atoms with Gasteiger partial charge in [-0.15, -0.1) is 11.8 Å². The van der Waals surface area contributed by atoms with E-state index in [0.29, 0.717) is 24.3 Å². The van der Waals surface area contributed by atoms with Gasteiger partial charge in [0.05, 0.1) is 11.3 Å². The number of carbonyl (C=O) groups is 2. The number of hydrogen-bond donors (Lipinski definition) is 2. The summed E-state index contributed by atoms with van der Waals surface area (Å²) in [5, 5.41) is 11.9. The predicted octanol–water partition coefficient (Wildman–Crippen LogP) is 2.58. The average molecular weight is 295 g/mol. The van der Waals surface area contributed by atoms with Gasteiger partial charge in [-0.3, -0.25) is 4.79 Å². The molecule has 0 unspecified atom stereocenters. The van der Waals surface area contributed by atoms with E-state index >= 15 is 0 Å². The zero-order valence-corrected chi connectivity index (χ0v) is 12.9. The molecule has 0 aliphatic carbocycles. The molecule has 2 N–H and O–H groups in total. The molecule has 110 valence electrons. The maximum absolute atomic E-state index is 11.7. The third kappa shape index (κ3) is 6.10. The summed E-state index contributed by atoms with van der Waals surface area (Å²) < 4.78 is 0.0627. The summed E-state index contributed by atoms with van der Waals surface area (Å²) >= 11 is 1.59. The van der Waals surface area contributed by atoms with E-state index in [1.807, 2.05) is 0 Å². The highest BCUT2D eigenvalue weighted by Crippen LogP contribution is 2.22. The molecule has 1 rings (SSSR count). The lowest BCUT2D eigenvalue weighted by molar-refractivity contribution is -0.118. The van der Waals surface area contributed by atoms with Crippen molar-refractivity contribution in [1.29, 1.82) is 0 Å². The standard InChI is InChI=1S/C15H21NO3S/c1-15(2,3)20-10-13(17)16-9-8-11-6-4-5-7-12(11)14(18)19/h4-7H,8-10H2,1-3H3,(H,16,17)(H,18,19). The van der Waals surface area contributed by atoms with Gasteiger partial charge in [-0.05, 0) is 18.1 Å². The van der Waals surface area contributed by atoms with E-state index in [4.69, 9.17) is 5.11 Å². The van der Waals surface area contributed by atoms with E-state index < -0.39 is 5.97 Å². The molecule has 0 heterocycles. The van der Waals surface area contributed by atoms with Crippen LogP contribution in [0.3, 0.4) is 0 Å². The van der Waals surface area contributed by atoms with Gasteiger partial charge in [0.15, 0.2) is 0 Å². The molecule has 0 saturated heterocycles. The van der Waals surface area contributed by atoms with Crippen LogP contribution in [0.15, 0.2) is 24.3 Å². The maximum atomic E-state index is 11.7. The van der Waals surface area contributed by atoms with E-state index in [2.05, 4.69) is 26.1 Å². The van der Waals surface area contributed by atoms with Gasteiger partial charge in [-0.2, -0.15) is 0 Å². The zero-order chi connectivity index (χ0) is 15.2. The molecule has 1 aromatic rings. The average Bonchev–Trinajstić information content (AvgIpc) is 2.36. The van der Waals surface area contributed by atoms with Gasteiger partial charge in [-0.25, -0.2) is 4.79 Å². The van der Waals surface area contributed by atoms with Crippen LogP contribution < -0.4 is 5.32 Å². The van der Waals surface area contributed by atoms with Gasteiger partial charge >= 0.3 is 5.97 Å². The van der Waals surface area contributed by atoms with E-state index in [1.165, 1.54) is 0 Å². The molecule has 0 radical (unpaired) electrons. The largest absolute Gasteiger partial charge is 0.478 e. The van der Waals surface area contributed by atoms with Crippen molar-refractivity contribution in [2.24, 2.45) is 0 Å².